The molecule has 1 N–H and O–H groups in total. The molecule has 2 aromatic rings. The number of ether oxygens (including phenoxy) is 3. The summed E-state index contributed by atoms with van der Waals surface area (Å²) in [7, 11) is 1.47. The molecule has 0 aromatic heterocycles. The number of rotatable bonds is 10. The number of nitrogens with one attached hydrogen (secondary N) is 1. The minimum absolute atomic E-state index is 0.176. The molecular formula is C22H25NO6. The van der Waals surface area contributed by atoms with Gasteiger partial charge in [0.15, 0.2) is 23.9 Å². The van der Waals surface area contributed by atoms with Crippen LogP contribution in [0.2, 0.25) is 0 Å². The second-order valence-electron chi connectivity index (χ2n) is 6.30. The predicted molar refractivity (Wildman–Crippen MR) is 107 cm³/mol. The third-order valence-electron chi connectivity index (χ3n) is 4.14. The molecular weight excluding hydrogens is 374 g/mol. The summed E-state index contributed by atoms with van der Waals surface area (Å²) in [5, 5.41) is 2.61. The lowest BCUT2D eigenvalue weighted by molar-refractivity contribution is -0.128. The zero-order chi connectivity index (χ0) is 21.2. The zero-order valence-corrected chi connectivity index (χ0v) is 16.8. The van der Waals surface area contributed by atoms with E-state index < -0.39 is 24.5 Å². The minimum Gasteiger partial charge on any atom is -0.493 e. The van der Waals surface area contributed by atoms with E-state index in [1.54, 1.807) is 6.07 Å². The number of benzene rings is 2. The lowest BCUT2D eigenvalue weighted by Crippen LogP contribution is -2.43. The van der Waals surface area contributed by atoms with Crippen molar-refractivity contribution in [2.75, 3.05) is 20.3 Å². The van der Waals surface area contributed by atoms with Crippen LogP contribution in [0.4, 0.5) is 0 Å². The number of esters is 1. The van der Waals surface area contributed by atoms with Gasteiger partial charge in [-0.25, -0.2) is 4.79 Å². The molecule has 7 nitrogen and oxygen atoms in total. The summed E-state index contributed by atoms with van der Waals surface area (Å²) in [6.45, 7) is 3.21. The SMILES string of the molecule is CCOc1ccc(C(=O)OCC(=O)N[C@H](Cc2ccccc2)C(C)=O)cc1OC. The quantitative estimate of drug-likeness (QED) is 0.618. The van der Waals surface area contributed by atoms with Crippen molar-refractivity contribution in [1.82, 2.24) is 5.32 Å². The van der Waals surface area contributed by atoms with Gasteiger partial charge in [0, 0.05) is 0 Å². The Bertz CT molecular complexity index is 850. The monoisotopic (exact) mass is 399 g/mol. The molecule has 0 aliphatic carbocycles. The van der Waals surface area contributed by atoms with Crippen LogP contribution in [0.25, 0.3) is 0 Å². The summed E-state index contributed by atoms with van der Waals surface area (Å²) >= 11 is 0. The number of Topliss-reactive ketones (excluding diaryl/α,β-unsaturated/α-hetero) is 1. The number of hydrogen-bond donors (Lipinski definition) is 1. The largest absolute Gasteiger partial charge is 0.493 e. The highest BCUT2D eigenvalue weighted by molar-refractivity contribution is 5.93. The van der Waals surface area contributed by atoms with Gasteiger partial charge in [-0.1, -0.05) is 30.3 Å². The summed E-state index contributed by atoms with van der Waals surface area (Å²) in [5.74, 6) is -0.499. The minimum atomic E-state index is -0.686. The molecule has 2 rings (SSSR count). The first-order valence-electron chi connectivity index (χ1n) is 9.26. The maximum absolute atomic E-state index is 12.2. The van der Waals surface area contributed by atoms with Crippen molar-refractivity contribution >= 4 is 17.7 Å². The van der Waals surface area contributed by atoms with Crippen molar-refractivity contribution < 1.29 is 28.6 Å². The third-order valence-corrected chi connectivity index (χ3v) is 4.14. The van der Waals surface area contributed by atoms with E-state index in [0.717, 1.165) is 5.56 Å². The van der Waals surface area contributed by atoms with Gasteiger partial charge in [0.25, 0.3) is 5.91 Å². The lowest BCUT2D eigenvalue weighted by Gasteiger charge is -2.16. The molecule has 2 aromatic carbocycles. The van der Waals surface area contributed by atoms with Crippen molar-refractivity contribution in [3.63, 3.8) is 0 Å². The first-order valence-corrected chi connectivity index (χ1v) is 9.26. The van der Waals surface area contributed by atoms with Gasteiger partial charge in [-0.2, -0.15) is 0 Å². The third kappa shape index (κ3) is 6.64. The molecule has 7 heteroatoms. The number of carbonyl (C=O) groups is 3. The highest BCUT2D eigenvalue weighted by atomic mass is 16.5. The Morgan fingerprint density at radius 2 is 1.76 bits per heavy atom. The number of ketones is 1. The van der Waals surface area contributed by atoms with Crippen LogP contribution in [0.3, 0.4) is 0 Å². The molecule has 0 aliphatic rings. The summed E-state index contributed by atoms with van der Waals surface area (Å²) < 4.78 is 15.7. The van der Waals surface area contributed by atoms with Crippen LogP contribution < -0.4 is 14.8 Å². The van der Waals surface area contributed by atoms with Crippen LogP contribution in [-0.4, -0.2) is 44.0 Å². The number of methoxy groups -OCH3 is 1. The smallest absolute Gasteiger partial charge is 0.338 e. The molecule has 1 amide bonds. The van der Waals surface area contributed by atoms with Crippen LogP contribution in [0.5, 0.6) is 11.5 Å². The van der Waals surface area contributed by atoms with Crippen molar-refractivity contribution in [2.45, 2.75) is 26.3 Å². The van der Waals surface area contributed by atoms with Gasteiger partial charge in [0.2, 0.25) is 0 Å². The summed E-state index contributed by atoms with van der Waals surface area (Å²) in [5.41, 5.74) is 1.15. The van der Waals surface area contributed by atoms with Crippen LogP contribution in [0, 0.1) is 0 Å². The molecule has 0 saturated heterocycles. The number of amides is 1. The van der Waals surface area contributed by atoms with Crippen LogP contribution in [0.1, 0.15) is 29.8 Å². The molecule has 1 atom stereocenters. The number of carbonyl (C=O) groups excluding carboxylic acids is 3. The highest BCUT2D eigenvalue weighted by Gasteiger charge is 2.19. The van der Waals surface area contributed by atoms with E-state index in [1.807, 2.05) is 37.3 Å². The van der Waals surface area contributed by atoms with Crippen molar-refractivity contribution in [3.8, 4) is 11.5 Å². The van der Waals surface area contributed by atoms with Crippen LogP contribution >= 0.6 is 0 Å². The standard InChI is InChI=1S/C22H25NO6/c1-4-28-19-11-10-17(13-20(19)27-3)22(26)29-14-21(25)23-18(15(2)24)12-16-8-6-5-7-9-16/h5-11,13,18H,4,12,14H2,1-3H3,(H,23,25)/t18-/m1/s1. The predicted octanol–water partition coefficient (Wildman–Crippen LogP) is 2.57. The first-order chi connectivity index (χ1) is 13.9. The summed E-state index contributed by atoms with van der Waals surface area (Å²) in [6, 6.07) is 13.3. The summed E-state index contributed by atoms with van der Waals surface area (Å²) in [4.78, 5) is 36.2. The average Bonchev–Trinajstić information content (AvgIpc) is 2.72. The average molecular weight is 399 g/mol. The van der Waals surface area contributed by atoms with Gasteiger partial charge < -0.3 is 19.5 Å². The number of hydrogen-bond acceptors (Lipinski definition) is 6. The molecule has 0 fully saturated rings. The fourth-order valence-corrected chi connectivity index (χ4v) is 2.67. The molecule has 0 unspecified atom stereocenters. The Kier molecular flexibility index (Phi) is 8.21. The Morgan fingerprint density at radius 3 is 2.38 bits per heavy atom. The van der Waals surface area contributed by atoms with Crippen LogP contribution in [0.15, 0.2) is 48.5 Å². The molecule has 0 saturated carbocycles. The molecule has 0 radical (unpaired) electrons. The van der Waals surface area contributed by atoms with Gasteiger partial charge in [0.1, 0.15) is 0 Å². The van der Waals surface area contributed by atoms with Gasteiger partial charge in [-0.15, -0.1) is 0 Å². The first kappa shape index (κ1) is 21.9. The molecule has 154 valence electrons. The Hall–Kier alpha value is -3.35. The molecule has 0 bridgehead atoms. The van der Waals surface area contributed by atoms with E-state index >= 15 is 0 Å². The van der Waals surface area contributed by atoms with Crippen molar-refractivity contribution in [1.29, 1.82) is 0 Å². The van der Waals surface area contributed by atoms with E-state index in [9.17, 15) is 14.4 Å². The molecule has 0 aliphatic heterocycles. The highest BCUT2D eigenvalue weighted by Crippen LogP contribution is 2.28. The fraction of sp³-hybridized carbons (Fsp3) is 0.318. The van der Waals surface area contributed by atoms with E-state index in [0.29, 0.717) is 24.5 Å². The molecule has 0 heterocycles. The maximum Gasteiger partial charge on any atom is 0.338 e. The van der Waals surface area contributed by atoms with Crippen molar-refractivity contribution in [3.05, 3.63) is 59.7 Å². The topological polar surface area (TPSA) is 90.9 Å². The van der Waals surface area contributed by atoms with Gasteiger partial charge >= 0.3 is 5.97 Å². The maximum atomic E-state index is 12.2. The zero-order valence-electron chi connectivity index (χ0n) is 16.8. The lowest BCUT2D eigenvalue weighted by atomic mass is 10.0. The van der Waals surface area contributed by atoms with Crippen LogP contribution in [-0.2, 0) is 20.7 Å². The fourth-order valence-electron chi connectivity index (χ4n) is 2.67. The van der Waals surface area contributed by atoms with E-state index in [-0.39, 0.29) is 11.3 Å². The Balaban J connectivity index is 1.93. The van der Waals surface area contributed by atoms with Gasteiger partial charge in [-0.05, 0) is 44.0 Å². The van der Waals surface area contributed by atoms with Crippen molar-refractivity contribution in [2.24, 2.45) is 0 Å². The Labute approximate surface area is 170 Å². The molecule has 0 spiro atoms. The van der Waals surface area contributed by atoms with E-state index in [4.69, 9.17) is 14.2 Å². The summed E-state index contributed by atoms with van der Waals surface area (Å²) in [6.07, 6.45) is 0.367. The normalized spacial score (nSPS) is 11.3. The van der Waals surface area contributed by atoms with Gasteiger partial charge in [-0.3, -0.25) is 9.59 Å². The Morgan fingerprint density at radius 1 is 1.03 bits per heavy atom. The van der Waals surface area contributed by atoms with E-state index in [2.05, 4.69) is 5.32 Å². The van der Waals surface area contributed by atoms with E-state index in [1.165, 1.54) is 26.2 Å². The van der Waals surface area contributed by atoms with Gasteiger partial charge in [0.05, 0.1) is 25.3 Å². The molecule has 29 heavy (non-hydrogen) atoms. The second-order valence-corrected chi connectivity index (χ2v) is 6.30. The second kappa shape index (κ2) is 10.8.